The molecule has 7 heteroatoms. The molecular formula is C19H15FN6. The van der Waals surface area contributed by atoms with Gasteiger partial charge in [0.15, 0.2) is 5.65 Å². The van der Waals surface area contributed by atoms with Crippen LogP contribution in [0.5, 0.6) is 0 Å². The summed E-state index contributed by atoms with van der Waals surface area (Å²) < 4.78 is 15.6. The van der Waals surface area contributed by atoms with E-state index in [1.807, 2.05) is 6.07 Å². The van der Waals surface area contributed by atoms with Crippen LogP contribution in [0.4, 0.5) is 4.39 Å². The van der Waals surface area contributed by atoms with Crippen LogP contribution < -0.4 is 0 Å². The second-order valence-corrected chi connectivity index (χ2v) is 7.07. The number of rotatable bonds is 2. The minimum atomic E-state index is -0.344. The van der Waals surface area contributed by atoms with Crippen molar-refractivity contribution in [3.05, 3.63) is 48.3 Å². The van der Waals surface area contributed by atoms with Crippen molar-refractivity contribution in [3.63, 3.8) is 0 Å². The van der Waals surface area contributed by atoms with E-state index in [0.717, 1.165) is 34.3 Å². The number of nitrogens with zero attached hydrogens (tertiary/aromatic N) is 5. The lowest BCUT2D eigenvalue weighted by molar-refractivity contribution is 0.477. The van der Waals surface area contributed by atoms with Gasteiger partial charge in [0.1, 0.15) is 11.5 Å². The Kier molecular flexibility index (Phi) is 2.70. The normalized spacial score (nSPS) is 20.8. The standard InChI is InChI=1S/C19H15FN6/c20-11-2-4-15(22-8-11)17-16(13-5-6-21-19-14(13)9-23-24-19)18-10-1-3-12(7-10)26(18)25-17/h2,4-6,8-10,12H,1,3,7H2,(H,21,23,24)/t10-,12?/m0/s1. The summed E-state index contributed by atoms with van der Waals surface area (Å²) >= 11 is 0. The molecule has 1 aliphatic carbocycles. The number of aromatic nitrogens is 6. The number of H-pyrrole nitrogens is 1. The second-order valence-electron chi connectivity index (χ2n) is 7.07. The first kappa shape index (κ1) is 14.1. The van der Waals surface area contributed by atoms with Gasteiger partial charge in [-0.1, -0.05) is 0 Å². The minimum Gasteiger partial charge on any atom is -0.265 e. The SMILES string of the molecule is Fc1ccc(-c2nn3c(c2-c2ccnc4[nH]ncc24)[C@H]2CCC3C2)nc1. The van der Waals surface area contributed by atoms with Crippen LogP contribution in [0.3, 0.4) is 0 Å². The Bertz CT molecular complexity index is 1140. The zero-order valence-corrected chi connectivity index (χ0v) is 13.9. The van der Waals surface area contributed by atoms with E-state index in [2.05, 4.69) is 24.8 Å². The van der Waals surface area contributed by atoms with Crippen LogP contribution in [-0.4, -0.2) is 29.9 Å². The molecule has 5 heterocycles. The Labute approximate surface area is 148 Å². The fourth-order valence-electron chi connectivity index (χ4n) is 4.57. The zero-order chi connectivity index (χ0) is 17.3. The highest BCUT2D eigenvalue weighted by molar-refractivity contribution is 5.97. The van der Waals surface area contributed by atoms with Crippen LogP contribution in [0.2, 0.25) is 0 Å². The summed E-state index contributed by atoms with van der Waals surface area (Å²) in [6, 6.07) is 5.61. The average molecular weight is 346 g/mol. The lowest BCUT2D eigenvalue weighted by Crippen LogP contribution is -2.07. The molecule has 0 spiro atoms. The van der Waals surface area contributed by atoms with Crippen LogP contribution in [0.25, 0.3) is 33.5 Å². The molecule has 1 fully saturated rings. The van der Waals surface area contributed by atoms with E-state index in [0.29, 0.717) is 17.7 Å². The molecule has 2 atom stereocenters. The van der Waals surface area contributed by atoms with Crippen molar-refractivity contribution < 1.29 is 4.39 Å². The Hall–Kier alpha value is -3.09. The van der Waals surface area contributed by atoms with Crippen molar-refractivity contribution in [1.29, 1.82) is 0 Å². The van der Waals surface area contributed by atoms with Gasteiger partial charge in [0.05, 0.1) is 29.8 Å². The van der Waals surface area contributed by atoms with Crippen molar-refractivity contribution in [3.8, 4) is 22.5 Å². The van der Waals surface area contributed by atoms with Crippen LogP contribution in [0, 0.1) is 5.82 Å². The van der Waals surface area contributed by atoms with E-state index in [1.165, 1.54) is 30.8 Å². The maximum Gasteiger partial charge on any atom is 0.155 e. The summed E-state index contributed by atoms with van der Waals surface area (Å²) in [5.74, 6) is 0.176. The third-order valence-corrected chi connectivity index (χ3v) is 5.68. The summed E-state index contributed by atoms with van der Waals surface area (Å²) in [4.78, 5) is 8.65. The highest BCUT2D eigenvalue weighted by atomic mass is 19.1. The molecule has 4 aromatic rings. The quantitative estimate of drug-likeness (QED) is 0.598. The second kappa shape index (κ2) is 4.97. The van der Waals surface area contributed by atoms with Gasteiger partial charge in [0.2, 0.25) is 0 Å². The van der Waals surface area contributed by atoms with Gasteiger partial charge in [-0.2, -0.15) is 10.2 Å². The fourth-order valence-corrected chi connectivity index (χ4v) is 4.57. The monoisotopic (exact) mass is 346 g/mol. The number of nitrogens with one attached hydrogen (secondary N) is 1. The molecule has 6 rings (SSSR count). The van der Waals surface area contributed by atoms with Gasteiger partial charge in [-0.15, -0.1) is 0 Å². The third-order valence-electron chi connectivity index (χ3n) is 5.68. The summed E-state index contributed by atoms with van der Waals surface area (Å²) in [6.07, 6.45) is 8.36. The van der Waals surface area contributed by atoms with Crippen LogP contribution in [0.15, 0.2) is 36.8 Å². The molecule has 1 N–H and O–H groups in total. The molecular weight excluding hydrogens is 331 g/mol. The zero-order valence-electron chi connectivity index (χ0n) is 13.9. The smallest absolute Gasteiger partial charge is 0.155 e. The van der Waals surface area contributed by atoms with Crippen molar-refractivity contribution in [1.82, 2.24) is 29.9 Å². The first-order valence-electron chi connectivity index (χ1n) is 8.82. The van der Waals surface area contributed by atoms with Crippen molar-refractivity contribution in [2.24, 2.45) is 0 Å². The Morgan fingerprint density at radius 3 is 2.96 bits per heavy atom. The summed E-state index contributed by atoms with van der Waals surface area (Å²) in [6.45, 7) is 0. The van der Waals surface area contributed by atoms with Gasteiger partial charge in [0, 0.05) is 23.1 Å². The Balaban J connectivity index is 1.68. The van der Waals surface area contributed by atoms with Crippen molar-refractivity contribution in [2.75, 3.05) is 0 Å². The maximum absolute atomic E-state index is 13.4. The third kappa shape index (κ3) is 1.80. The van der Waals surface area contributed by atoms with Gasteiger partial charge in [0.25, 0.3) is 0 Å². The van der Waals surface area contributed by atoms with Gasteiger partial charge in [-0.25, -0.2) is 9.37 Å². The molecule has 2 aliphatic rings. The number of halogens is 1. The number of pyridine rings is 2. The average Bonchev–Trinajstić information content (AvgIpc) is 3.42. The van der Waals surface area contributed by atoms with Crippen molar-refractivity contribution in [2.45, 2.75) is 31.2 Å². The molecule has 1 unspecified atom stereocenters. The van der Waals surface area contributed by atoms with Crippen LogP contribution in [0.1, 0.15) is 36.9 Å². The molecule has 0 radical (unpaired) electrons. The molecule has 1 saturated carbocycles. The molecule has 0 aromatic carbocycles. The summed E-state index contributed by atoms with van der Waals surface area (Å²) in [5.41, 5.74) is 5.67. The van der Waals surface area contributed by atoms with E-state index in [9.17, 15) is 4.39 Å². The first-order chi connectivity index (χ1) is 12.8. The van der Waals surface area contributed by atoms with Crippen LogP contribution in [-0.2, 0) is 0 Å². The number of fused-ring (bicyclic) bond motifs is 6. The van der Waals surface area contributed by atoms with E-state index in [4.69, 9.17) is 5.10 Å². The van der Waals surface area contributed by atoms with E-state index >= 15 is 0 Å². The number of aromatic amines is 1. The predicted molar refractivity (Wildman–Crippen MR) is 93.9 cm³/mol. The first-order valence-corrected chi connectivity index (χ1v) is 8.82. The number of hydrogen-bond acceptors (Lipinski definition) is 4. The van der Waals surface area contributed by atoms with Gasteiger partial charge >= 0.3 is 0 Å². The molecule has 0 amide bonds. The molecule has 2 bridgehead atoms. The lowest BCUT2D eigenvalue weighted by Gasteiger charge is -2.14. The maximum atomic E-state index is 13.4. The Morgan fingerprint density at radius 2 is 2.08 bits per heavy atom. The largest absolute Gasteiger partial charge is 0.265 e. The molecule has 1 aliphatic heterocycles. The van der Waals surface area contributed by atoms with E-state index in [-0.39, 0.29) is 5.82 Å². The minimum absolute atomic E-state index is 0.344. The predicted octanol–water partition coefficient (Wildman–Crippen LogP) is 3.84. The van der Waals surface area contributed by atoms with Crippen LogP contribution >= 0.6 is 0 Å². The van der Waals surface area contributed by atoms with Gasteiger partial charge in [-0.3, -0.25) is 14.8 Å². The molecule has 4 aromatic heterocycles. The van der Waals surface area contributed by atoms with Crippen molar-refractivity contribution >= 4 is 11.0 Å². The molecule has 128 valence electrons. The fraction of sp³-hybridized carbons (Fsp3) is 0.263. The van der Waals surface area contributed by atoms with E-state index < -0.39 is 0 Å². The molecule has 0 saturated heterocycles. The summed E-state index contributed by atoms with van der Waals surface area (Å²) in [7, 11) is 0. The Morgan fingerprint density at radius 1 is 1.12 bits per heavy atom. The lowest BCUT2D eigenvalue weighted by atomic mass is 9.93. The van der Waals surface area contributed by atoms with E-state index in [1.54, 1.807) is 18.5 Å². The van der Waals surface area contributed by atoms with Gasteiger partial charge < -0.3 is 0 Å². The topological polar surface area (TPSA) is 72.3 Å². The molecule has 6 nitrogen and oxygen atoms in total. The summed E-state index contributed by atoms with van der Waals surface area (Å²) in [5, 5.41) is 13.0. The highest BCUT2D eigenvalue weighted by Crippen LogP contribution is 2.54. The van der Waals surface area contributed by atoms with Gasteiger partial charge in [-0.05, 0) is 43.0 Å². The highest BCUT2D eigenvalue weighted by Gasteiger charge is 2.42. The number of hydrogen-bond donors (Lipinski definition) is 1. The molecule has 26 heavy (non-hydrogen) atoms.